The first-order valence-electron chi connectivity index (χ1n) is 5.79. The maximum absolute atomic E-state index is 10.6. The molecule has 0 radical (unpaired) electrons. The number of aldehydes is 1. The van der Waals surface area contributed by atoms with Gasteiger partial charge in [-0.25, -0.2) is 0 Å². The van der Waals surface area contributed by atoms with Crippen molar-refractivity contribution in [1.82, 2.24) is 5.32 Å². The van der Waals surface area contributed by atoms with Gasteiger partial charge in [0.2, 0.25) is 0 Å². The Morgan fingerprint density at radius 1 is 1.35 bits per heavy atom. The molecule has 1 aliphatic rings. The van der Waals surface area contributed by atoms with E-state index in [0.29, 0.717) is 26.4 Å². The van der Waals surface area contributed by atoms with Gasteiger partial charge in [0.1, 0.15) is 6.29 Å². The molecule has 1 aromatic carbocycles. The van der Waals surface area contributed by atoms with E-state index in [9.17, 15) is 4.79 Å². The summed E-state index contributed by atoms with van der Waals surface area (Å²) in [7, 11) is 0. The van der Waals surface area contributed by atoms with Crippen LogP contribution < -0.4 is 5.32 Å². The monoisotopic (exact) mass is 235 g/mol. The van der Waals surface area contributed by atoms with Crippen molar-refractivity contribution in [3.63, 3.8) is 0 Å². The molecule has 92 valence electrons. The Hall–Kier alpha value is -1.23. The zero-order valence-corrected chi connectivity index (χ0v) is 9.67. The van der Waals surface area contributed by atoms with Crippen LogP contribution in [-0.4, -0.2) is 38.2 Å². The fourth-order valence-electron chi connectivity index (χ4n) is 1.80. The number of morpholine rings is 1. The second kappa shape index (κ2) is 6.49. The molecule has 4 nitrogen and oxygen atoms in total. The number of carbonyl (C=O) groups excluding carboxylic acids is 1. The van der Waals surface area contributed by atoms with Gasteiger partial charge in [-0.1, -0.05) is 30.3 Å². The van der Waals surface area contributed by atoms with Gasteiger partial charge in [0.15, 0.2) is 0 Å². The van der Waals surface area contributed by atoms with Crippen LogP contribution in [0.3, 0.4) is 0 Å². The summed E-state index contributed by atoms with van der Waals surface area (Å²) in [5.41, 5.74) is 1.15. The van der Waals surface area contributed by atoms with Gasteiger partial charge in [-0.05, 0) is 5.56 Å². The van der Waals surface area contributed by atoms with Crippen molar-refractivity contribution in [1.29, 1.82) is 0 Å². The van der Waals surface area contributed by atoms with E-state index >= 15 is 0 Å². The van der Waals surface area contributed by atoms with Crippen molar-refractivity contribution < 1.29 is 14.3 Å². The Labute approximate surface area is 101 Å². The Morgan fingerprint density at radius 3 is 2.94 bits per heavy atom. The van der Waals surface area contributed by atoms with Crippen LogP contribution in [0.25, 0.3) is 0 Å². The van der Waals surface area contributed by atoms with Crippen LogP contribution in [-0.2, 0) is 20.9 Å². The third kappa shape index (κ3) is 3.93. The highest BCUT2D eigenvalue weighted by molar-refractivity contribution is 5.57. The molecule has 0 aromatic heterocycles. The van der Waals surface area contributed by atoms with Crippen LogP contribution >= 0.6 is 0 Å². The van der Waals surface area contributed by atoms with Gasteiger partial charge in [0.05, 0.1) is 38.5 Å². The molecule has 0 amide bonds. The summed E-state index contributed by atoms with van der Waals surface area (Å²) in [4.78, 5) is 10.6. The largest absolute Gasteiger partial charge is 0.378 e. The third-order valence-corrected chi connectivity index (χ3v) is 2.66. The smallest absolute Gasteiger partial charge is 0.139 e. The maximum Gasteiger partial charge on any atom is 0.139 e. The molecule has 0 spiro atoms. The number of hydrogen-bond donors (Lipinski definition) is 1. The predicted octanol–water partition coefficient (Wildman–Crippen LogP) is 0.759. The van der Waals surface area contributed by atoms with Crippen LogP contribution in [0.5, 0.6) is 0 Å². The van der Waals surface area contributed by atoms with Crippen LogP contribution in [0.4, 0.5) is 0 Å². The Bertz CT molecular complexity index is 342. The molecule has 1 aromatic rings. The molecule has 0 saturated carbocycles. The predicted molar refractivity (Wildman–Crippen MR) is 63.7 cm³/mol. The fourth-order valence-corrected chi connectivity index (χ4v) is 1.80. The average Bonchev–Trinajstić information content (AvgIpc) is 2.40. The molecule has 1 N–H and O–H groups in total. The first kappa shape index (κ1) is 12.2. The summed E-state index contributed by atoms with van der Waals surface area (Å²) >= 11 is 0. The summed E-state index contributed by atoms with van der Waals surface area (Å²) in [6.07, 6.45) is 0.878. The first-order valence-corrected chi connectivity index (χ1v) is 5.79. The molecule has 1 saturated heterocycles. The summed E-state index contributed by atoms with van der Waals surface area (Å²) in [5, 5.41) is 3.17. The van der Waals surface area contributed by atoms with E-state index in [0.717, 1.165) is 11.8 Å². The zero-order chi connectivity index (χ0) is 11.9. The first-order chi connectivity index (χ1) is 8.38. The molecular weight excluding hydrogens is 218 g/mol. The summed E-state index contributed by atoms with van der Waals surface area (Å²) < 4.78 is 10.9. The van der Waals surface area contributed by atoms with E-state index in [1.807, 2.05) is 30.3 Å². The minimum absolute atomic E-state index is 0.0997. The maximum atomic E-state index is 10.6. The molecule has 1 unspecified atom stereocenters. The van der Waals surface area contributed by atoms with Gasteiger partial charge < -0.3 is 14.3 Å². The highest BCUT2D eigenvalue weighted by Crippen LogP contribution is 2.03. The topological polar surface area (TPSA) is 47.6 Å². The van der Waals surface area contributed by atoms with Crippen molar-refractivity contribution in [3.8, 4) is 0 Å². The quantitative estimate of drug-likeness (QED) is 0.765. The van der Waals surface area contributed by atoms with Crippen molar-refractivity contribution in [3.05, 3.63) is 35.9 Å². The standard InChI is InChI=1S/C13H17NO3/c15-6-12-8-17-10-13(14-12)9-16-7-11-4-2-1-3-5-11/h1-6,12-14H,7-10H2/t12?,13-/m0/s1. The lowest BCUT2D eigenvalue weighted by molar-refractivity contribution is -0.113. The molecule has 0 aliphatic carbocycles. The van der Waals surface area contributed by atoms with E-state index in [2.05, 4.69) is 5.32 Å². The average molecular weight is 235 g/mol. The minimum Gasteiger partial charge on any atom is -0.378 e. The lowest BCUT2D eigenvalue weighted by atomic mass is 10.2. The third-order valence-electron chi connectivity index (χ3n) is 2.66. The van der Waals surface area contributed by atoms with Crippen molar-refractivity contribution >= 4 is 6.29 Å². The number of benzene rings is 1. The Morgan fingerprint density at radius 2 is 2.18 bits per heavy atom. The van der Waals surface area contributed by atoms with Crippen LogP contribution in [0.15, 0.2) is 30.3 Å². The van der Waals surface area contributed by atoms with Gasteiger partial charge in [0, 0.05) is 0 Å². The highest BCUT2D eigenvalue weighted by Gasteiger charge is 2.20. The van der Waals surface area contributed by atoms with Gasteiger partial charge >= 0.3 is 0 Å². The normalized spacial score (nSPS) is 24.5. The van der Waals surface area contributed by atoms with Crippen LogP contribution in [0, 0.1) is 0 Å². The van der Waals surface area contributed by atoms with Crippen molar-refractivity contribution in [2.75, 3.05) is 19.8 Å². The number of nitrogens with one attached hydrogen (secondary N) is 1. The van der Waals surface area contributed by atoms with E-state index in [1.165, 1.54) is 0 Å². The molecule has 1 fully saturated rings. The fraction of sp³-hybridized carbons (Fsp3) is 0.462. The molecular formula is C13H17NO3. The molecule has 2 rings (SSSR count). The van der Waals surface area contributed by atoms with Crippen molar-refractivity contribution in [2.24, 2.45) is 0 Å². The lowest BCUT2D eigenvalue weighted by Gasteiger charge is -2.27. The minimum atomic E-state index is -0.200. The molecule has 2 atom stereocenters. The van der Waals surface area contributed by atoms with Gasteiger partial charge in [-0.2, -0.15) is 0 Å². The van der Waals surface area contributed by atoms with Gasteiger partial charge in [-0.15, -0.1) is 0 Å². The van der Waals surface area contributed by atoms with E-state index < -0.39 is 0 Å². The summed E-state index contributed by atoms with van der Waals surface area (Å²) in [6, 6.07) is 9.91. The Balaban J connectivity index is 1.70. The molecule has 1 aliphatic heterocycles. The van der Waals surface area contributed by atoms with Crippen molar-refractivity contribution in [2.45, 2.75) is 18.7 Å². The SMILES string of the molecule is O=CC1COC[C@H](COCc2ccccc2)N1. The molecule has 4 heteroatoms. The van der Waals surface area contributed by atoms with Gasteiger partial charge in [-0.3, -0.25) is 5.32 Å². The van der Waals surface area contributed by atoms with E-state index in [4.69, 9.17) is 9.47 Å². The summed E-state index contributed by atoms with van der Waals surface area (Å²) in [6.45, 7) is 2.20. The number of ether oxygens (including phenoxy) is 2. The molecule has 0 bridgehead atoms. The zero-order valence-electron chi connectivity index (χ0n) is 9.67. The Kier molecular flexibility index (Phi) is 4.67. The van der Waals surface area contributed by atoms with E-state index in [1.54, 1.807) is 0 Å². The second-order valence-electron chi connectivity index (χ2n) is 4.14. The second-order valence-corrected chi connectivity index (χ2v) is 4.14. The molecule has 17 heavy (non-hydrogen) atoms. The van der Waals surface area contributed by atoms with Crippen LogP contribution in [0.1, 0.15) is 5.56 Å². The van der Waals surface area contributed by atoms with Crippen LogP contribution in [0.2, 0.25) is 0 Å². The highest BCUT2D eigenvalue weighted by atomic mass is 16.5. The lowest BCUT2D eigenvalue weighted by Crippen LogP contribution is -2.51. The summed E-state index contributed by atoms with van der Waals surface area (Å²) in [5.74, 6) is 0. The number of hydrogen-bond acceptors (Lipinski definition) is 4. The van der Waals surface area contributed by atoms with Gasteiger partial charge in [0.25, 0.3) is 0 Å². The van der Waals surface area contributed by atoms with E-state index in [-0.39, 0.29) is 12.1 Å². The number of carbonyl (C=O) groups is 1. The number of rotatable bonds is 5. The molecule has 1 heterocycles.